The van der Waals surface area contributed by atoms with Crippen molar-refractivity contribution in [1.29, 1.82) is 0 Å². The monoisotopic (exact) mass is 376 g/mol. The molecule has 0 spiro atoms. The summed E-state index contributed by atoms with van der Waals surface area (Å²) in [4.78, 5) is -0.251. The molecule has 21 heavy (non-hydrogen) atoms. The lowest BCUT2D eigenvalue weighted by Gasteiger charge is -2.10. The highest BCUT2D eigenvalue weighted by molar-refractivity contribution is 8.13. The summed E-state index contributed by atoms with van der Waals surface area (Å²) in [7, 11) is 2.91. The van der Waals surface area contributed by atoms with Crippen molar-refractivity contribution in [2.24, 2.45) is 0 Å². The summed E-state index contributed by atoms with van der Waals surface area (Å²) in [6.07, 6.45) is 0.797. The number of methoxy groups -OCH3 is 1. The first-order valence-electron chi connectivity index (χ1n) is 5.99. The number of hydrogen-bond donors (Lipinski definition) is 0. The summed E-state index contributed by atoms with van der Waals surface area (Å²) < 4.78 is 38.1. The molecule has 5 nitrogen and oxygen atoms in total. The summed E-state index contributed by atoms with van der Waals surface area (Å²) >= 11 is 11.8. The van der Waals surface area contributed by atoms with Gasteiger partial charge in [-0.3, -0.25) is 0 Å². The van der Waals surface area contributed by atoms with E-state index in [-0.39, 0.29) is 27.3 Å². The van der Waals surface area contributed by atoms with Crippen LogP contribution >= 0.6 is 33.9 Å². The molecule has 0 aliphatic heterocycles. The second-order valence-electron chi connectivity index (χ2n) is 3.96. The van der Waals surface area contributed by atoms with E-state index in [1.807, 2.05) is 0 Å². The van der Waals surface area contributed by atoms with Crippen LogP contribution in [-0.4, -0.2) is 42.0 Å². The second-order valence-corrected chi connectivity index (χ2v) is 7.31. The molecule has 0 aliphatic carbocycles. The molecule has 0 radical (unpaired) electrons. The number of hydrogen-bond acceptors (Lipinski definition) is 5. The first kappa shape index (κ1) is 18.8. The molecule has 0 saturated heterocycles. The van der Waals surface area contributed by atoms with Gasteiger partial charge in [0, 0.05) is 37.1 Å². The van der Waals surface area contributed by atoms with Crippen molar-refractivity contribution in [3.05, 3.63) is 22.2 Å². The Labute approximate surface area is 138 Å². The maximum absolute atomic E-state index is 11.3. The highest BCUT2D eigenvalue weighted by atomic mass is 35.7. The number of benzene rings is 1. The van der Waals surface area contributed by atoms with E-state index < -0.39 is 9.05 Å². The van der Waals surface area contributed by atoms with E-state index in [1.165, 1.54) is 6.07 Å². The third-order valence-electron chi connectivity index (χ3n) is 2.37. The topological polar surface area (TPSA) is 61.8 Å². The fourth-order valence-corrected chi connectivity index (χ4v) is 3.22. The molecule has 0 aliphatic rings. The zero-order chi connectivity index (χ0) is 15.9. The summed E-state index contributed by atoms with van der Waals surface area (Å²) in [6.45, 7) is 1.83. The van der Waals surface area contributed by atoms with Gasteiger partial charge in [0.2, 0.25) is 0 Å². The summed E-state index contributed by atoms with van der Waals surface area (Å²) in [5.74, 6) is 0.270. The molecule has 0 heterocycles. The summed E-state index contributed by atoms with van der Waals surface area (Å²) in [6, 6.07) is 2.46. The van der Waals surface area contributed by atoms with Gasteiger partial charge in [0.1, 0.15) is 17.3 Å². The minimum absolute atomic E-state index is 0.0505. The Kier molecular flexibility index (Phi) is 8.08. The van der Waals surface area contributed by atoms with Crippen molar-refractivity contribution in [3.8, 4) is 5.75 Å². The normalized spacial score (nSPS) is 11.6. The Morgan fingerprint density at radius 2 is 1.76 bits per heavy atom. The fourth-order valence-electron chi connectivity index (χ4n) is 1.43. The highest BCUT2D eigenvalue weighted by Gasteiger charge is 2.18. The van der Waals surface area contributed by atoms with E-state index in [4.69, 9.17) is 48.1 Å². The molecule has 0 bridgehead atoms. The average Bonchev–Trinajstić information content (AvgIpc) is 2.39. The van der Waals surface area contributed by atoms with Gasteiger partial charge in [0.15, 0.2) is 0 Å². The molecule has 1 aromatic carbocycles. The smallest absolute Gasteiger partial charge is 0.262 e. The maximum atomic E-state index is 11.3. The largest absolute Gasteiger partial charge is 0.490 e. The molecule has 0 saturated carbocycles. The van der Waals surface area contributed by atoms with Crippen LogP contribution in [-0.2, 0) is 18.5 Å². The molecule has 1 rings (SSSR count). The quantitative estimate of drug-likeness (QED) is 0.488. The summed E-state index contributed by atoms with van der Waals surface area (Å²) in [5.41, 5.74) is 0. The van der Waals surface area contributed by atoms with Gasteiger partial charge in [-0.05, 0) is 12.5 Å². The molecule has 0 fully saturated rings. The van der Waals surface area contributed by atoms with Gasteiger partial charge in [-0.2, -0.15) is 0 Å². The first-order chi connectivity index (χ1) is 9.86. The zero-order valence-electron chi connectivity index (χ0n) is 11.3. The zero-order valence-corrected chi connectivity index (χ0v) is 14.4. The highest BCUT2D eigenvalue weighted by Crippen LogP contribution is 2.34. The Bertz CT molecular complexity index is 562. The van der Waals surface area contributed by atoms with E-state index in [9.17, 15) is 8.42 Å². The van der Waals surface area contributed by atoms with Crippen LogP contribution in [0.25, 0.3) is 0 Å². The van der Waals surface area contributed by atoms with Crippen molar-refractivity contribution in [2.45, 2.75) is 11.3 Å². The van der Waals surface area contributed by atoms with Crippen LogP contribution in [0.5, 0.6) is 5.75 Å². The lowest BCUT2D eigenvalue weighted by molar-refractivity contribution is 0.0806. The van der Waals surface area contributed by atoms with Crippen LogP contribution in [0.1, 0.15) is 6.42 Å². The number of rotatable bonds is 9. The van der Waals surface area contributed by atoms with Crippen LogP contribution in [0.3, 0.4) is 0 Å². The average molecular weight is 378 g/mol. The molecule has 0 N–H and O–H groups in total. The van der Waals surface area contributed by atoms with Crippen LogP contribution in [0.15, 0.2) is 17.0 Å². The van der Waals surface area contributed by atoms with E-state index in [0.717, 1.165) is 12.5 Å². The van der Waals surface area contributed by atoms with Gasteiger partial charge >= 0.3 is 0 Å². The van der Waals surface area contributed by atoms with Crippen LogP contribution in [0, 0.1) is 0 Å². The Morgan fingerprint density at radius 3 is 2.38 bits per heavy atom. The summed E-state index contributed by atoms with van der Waals surface area (Å²) in [5, 5.41) is 0.0587. The standard InChI is InChI=1S/C12H15Cl3O5S/c1-18-3-2-4-19-5-6-20-11-7-10(14)12(8-9(11)13)21(15,16)17/h7-8H,2-6H2,1H3. The Morgan fingerprint density at radius 1 is 1.05 bits per heavy atom. The van der Waals surface area contributed by atoms with Crippen molar-refractivity contribution in [2.75, 3.05) is 33.5 Å². The van der Waals surface area contributed by atoms with Gasteiger partial charge in [-0.15, -0.1) is 0 Å². The molecule has 1 aromatic rings. The lowest BCUT2D eigenvalue weighted by atomic mass is 10.3. The van der Waals surface area contributed by atoms with Gasteiger partial charge in [-0.25, -0.2) is 8.42 Å². The third kappa shape index (κ3) is 6.59. The molecule has 0 atom stereocenters. The van der Waals surface area contributed by atoms with Crippen LogP contribution < -0.4 is 4.74 Å². The molecule has 120 valence electrons. The predicted molar refractivity (Wildman–Crippen MR) is 82.3 cm³/mol. The maximum Gasteiger partial charge on any atom is 0.262 e. The molecule has 0 aromatic heterocycles. The van der Waals surface area contributed by atoms with Crippen LogP contribution in [0.4, 0.5) is 0 Å². The third-order valence-corrected chi connectivity index (χ3v) is 4.45. The number of ether oxygens (including phenoxy) is 3. The molecular weight excluding hydrogens is 363 g/mol. The molecule has 0 unspecified atom stereocenters. The minimum Gasteiger partial charge on any atom is -0.490 e. The van der Waals surface area contributed by atoms with Gasteiger partial charge in [0.05, 0.1) is 16.7 Å². The van der Waals surface area contributed by atoms with E-state index in [2.05, 4.69) is 0 Å². The van der Waals surface area contributed by atoms with Crippen LogP contribution in [0.2, 0.25) is 10.0 Å². The molecule has 9 heteroatoms. The fraction of sp³-hybridized carbons (Fsp3) is 0.500. The number of halogens is 3. The van der Waals surface area contributed by atoms with Crippen molar-refractivity contribution >= 4 is 42.9 Å². The second kappa shape index (κ2) is 9.02. The van der Waals surface area contributed by atoms with Gasteiger partial charge in [0.25, 0.3) is 9.05 Å². The first-order valence-corrected chi connectivity index (χ1v) is 9.06. The molecule has 0 amide bonds. The Hall–Kier alpha value is -0.240. The van der Waals surface area contributed by atoms with E-state index in [0.29, 0.717) is 19.8 Å². The molecular formula is C12H15Cl3O5S. The van der Waals surface area contributed by atoms with Gasteiger partial charge < -0.3 is 14.2 Å². The van der Waals surface area contributed by atoms with Gasteiger partial charge in [-0.1, -0.05) is 23.2 Å². The van der Waals surface area contributed by atoms with Crippen molar-refractivity contribution in [1.82, 2.24) is 0 Å². The van der Waals surface area contributed by atoms with Crippen molar-refractivity contribution in [3.63, 3.8) is 0 Å². The van der Waals surface area contributed by atoms with E-state index in [1.54, 1.807) is 7.11 Å². The van der Waals surface area contributed by atoms with Crippen molar-refractivity contribution < 1.29 is 22.6 Å². The van der Waals surface area contributed by atoms with E-state index >= 15 is 0 Å². The Balaban J connectivity index is 2.52. The predicted octanol–water partition coefficient (Wildman–Crippen LogP) is 3.35. The lowest BCUT2D eigenvalue weighted by Crippen LogP contribution is -2.09. The SMILES string of the molecule is COCCCOCCOc1cc(Cl)c(S(=O)(=O)Cl)cc1Cl. The minimum atomic E-state index is -3.95.